The van der Waals surface area contributed by atoms with Crippen LogP contribution in [0.25, 0.3) is 0 Å². The van der Waals surface area contributed by atoms with Crippen molar-refractivity contribution in [2.24, 2.45) is 29.1 Å². The first-order chi connectivity index (χ1) is 18.3. The van der Waals surface area contributed by atoms with Crippen molar-refractivity contribution >= 4 is 17.6 Å². The lowest BCUT2D eigenvalue weighted by Crippen LogP contribution is -2.46. The Morgan fingerprint density at radius 3 is 2.53 bits per heavy atom. The number of aromatic amines is 1. The summed E-state index contributed by atoms with van der Waals surface area (Å²) in [5.41, 5.74) is 2.48. The maximum atomic E-state index is 13.6. The second kappa shape index (κ2) is 10.1. The van der Waals surface area contributed by atoms with Gasteiger partial charge in [-0.05, 0) is 118 Å². The van der Waals surface area contributed by atoms with E-state index in [1.54, 1.807) is 12.1 Å². The molecule has 4 bridgehead atoms. The van der Waals surface area contributed by atoms with Crippen LogP contribution >= 0.6 is 0 Å². The fraction of sp³-hybridized carbons (Fsp3) is 0.645. The second-order valence-electron chi connectivity index (χ2n) is 13.3. The van der Waals surface area contributed by atoms with Crippen LogP contribution in [-0.2, 0) is 6.42 Å². The van der Waals surface area contributed by atoms with Gasteiger partial charge in [-0.15, -0.1) is 0 Å². The largest absolute Gasteiger partial charge is 0.478 e. The number of carbonyl (C=O) groups is 2. The van der Waals surface area contributed by atoms with E-state index in [0.717, 1.165) is 68.0 Å². The first-order valence-corrected chi connectivity index (χ1v) is 14.7. The summed E-state index contributed by atoms with van der Waals surface area (Å²) in [7, 11) is 0. The molecule has 4 aliphatic carbocycles. The van der Waals surface area contributed by atoms with E-state index < -0.39 is 5.97 Å². The summed E-state index contributed by atoms with van der Waals surface area (Å²) in [6.45, 7) is 6.59. The number of hydrogen-bond acceptors (Lipinski definition) is 4. The van der Waals surface area contributed by atoms with Crippen molar-refractivity contribution in [3.63, 3.8) is 0 Å². The van der Waals surface area contributed by atoms with Crippen molar-refractivity contribution in [2.75, 3.05) is 18.4 Å². The number of aromatic nitrogens is 2. The van der Waals surface area contributed by atoms with Crippen LogP contribution in [0.3, 0.4) is 0 Å². The second-order valence-corrected chi connectivity index (χ2v) is 13.3. The molecule has 3 N–H and O–H groups in total. The molecule has 4 saturated carbocycles. The lowest BCUT2D eigenvalue weighted by molar-refractivity contribution is -0.0570. The summed E-state index contributed by atoms with van der Waals surface area (Å²) in [6, 6.07) is 6.64. The number of hydrogen-bond donors (Lipinski definition) is 3. The fourth-order valence-electron chi connectivity index (χ4n) is 8.69. The standard InChI is InChI=1S/C31H42N4O3/c1-19(2)18-35-10-4-7-26(35)28-33-25(8-9-31-15-20-11-21(16-31)13-22(12-20)17-31)27(34-28)29(36)32-24-6-3-5-23(14-24)30(37)38/h3,5-6,14,19-22,26H,4,7-13,15-18H2,1-2H3,(H,32,36)(H,33,34)(H,37,38). The summed E-state index contributed by atoms with van der Waals surface area (Å²) >= 11 is 0. The van der Waals surface area contributed by atoms with E-state index >= 15 is 0 Å². The highest BCUT2D eigenvalue weighted by atomic mass is 16.4. The molecule has 0 radical (unpaired) electrons. The van der Waals surface area contributed by atoms with Crippen molar-refractivity contribution in [3.8, 4) is 0 Å². The number of aromatic carboxylic acids is 1. The molecule has 7 heteroatoms. The number of carbonyl (C=O) groups excluding carboxylic acids is 1. The Labute approximate surface area is 225 Å². The topological polar surface area (TPSA) is 98.3 Å². The summed E-state index contributed by atoms with van der Waals surface area (Å²) in [5.74, 6) is 2.94. The Hall–Kier alpha value is -2.67. The maximum absolute atomic E-state index is 13.6. The summed E-state index contributed by atoms with van der Waals surface area (Å²) < 4.78 is 0. The molecule has 7 rings (SSSR count). The van der Waals surface area contributed by atoms with Crippen LogP contribution in [0.15, 0.2) is 24.3 Å². The molecule has 38 heavy (non-hydrogen) atoms. The van der Waals surface area contributed by atoms with Crippen LogP contribution in [0.5, 0.6) is 0 Å². The number of nitrogens with zero attached hydrogens (tertiary/aromatic N) is 2. The minimum absolute atomic E-state index is 0.155. The third-order valence-corrected chi connectivity index (χ3v) is 9.73. The molecule has 1 aromatic carbocycles. The minimum atomic E-state index is -1.01. The van der Waals surface area contributed by atoms with Gasteiger partial charge < -0.3 is 15.4 Å². The predicted octanol–water partition coefficient (Wildman–Crippen LogP) is 6.30. The van der Waals surface area contributed by atoms with Gasteiger partial charge >= 0.3 is 5.97 Å². The molecule has 1 unspecified atom stereocenters. The molecule has 2 heterocycles. The number of carboxylic acids is 1. The number of amides is 1. The number of likely N-dealkylation sites (tertiary alicyclic amines) is 1. The van der Waals surface area contributed by atoms with E-state index in [1.165, 1.54) is 50.7 Å². The molecule has 1 aliphatic heterocycles. The molecular weight excluding hydrogens is 476 g/mol. The molecule has 7 nitrogen and oxygen atoms in total. The molecule has 5 aliphatic rings. The number of H-pyrrole nitrogens is 1. The van der Waals surface area contributed by atoms with E-state index in [-0.39, 0.29) is 17.5 Å². The van der Waals surface area contributed by atoms with Gasteiger partial charge in [-0.25, -0.2) is 9.78 Å². The fourth-order valence-corrected chi connectivity index (χ4v) is 8.69. The van der Waals surface area contributed by atoms with E-state index in [9.17, 15) is 14.7 Å². The average Bonchev–Trinajstić information content (AvgIpc) is 3.48. The molecule has 1 saturated heterocycles. The van der Waals surface area contributed by atoms with Gasteiger partial charge in [0.15, 0.2) is 0 Å². The Kier molecular flexibility index (Phi) is 6.83. The zero-order chi connectivity index (χ0) is 26.4. The van der Waals surface area contributed by atoms with E-state index in [0.29, 0.717) is 22.7 Å². The Bertz CT molecular complexity index is 1170. The molecule has 204 valence electrons. The van der Waals surface area contributed by atoms with Gasteiger partial charge in [0.1, 0.15) is 11.5 Å². The van der Waals surface area contributed by atoms with Crippen LogP contribution < -0.4 is 5.32 Å². The third-order valence-electron chi connectivity index (χ3n) is 9.73. The number of rotatable bonds is 9. The molecule has 1 atom stereocenters. The molecule has 1 aromatic heterocycles. The van der Waals surface area contributed by atoms with Crippen LogP contribution in [0.2, 0.25) is 0 Å². The number of anilines is 1. The third kappa shape index (κ3) is 5.14. The van der Waals surface area contributed by atoms with Crippen LogP contribution in [-0.4, -0.2) is 44.9 Å². The van der Waals surface area contributed by atoms with E-state index in [2.05, 4.69) is 29.0 Å². The van der Waals surface area contributed by atoms with Gasteiger partial charge in [0.05, 0.1) is 11.6 Å². The molecule has 0 spiro atoms. The minimum Gasteiger partial charge on any atom is -0.478 e. The normalized spacial score (nSPS) is 30.3. The summed E-state index contributed by atoms with van der Waals surface area (Å²) in [5, 5.41) is 12.3. The van der Waals surface area contributed by atoms with Gasteiger partial charge in [0.2, 0.25) is 0 Å². The Morgan fingerprint density at radius 2 is 1.87 bits per heavy atom. The first-order valence-electron chi connectivity index (χ1n) is 14.7. The van der Waals surface area contributed by atoms with Crippen molar-refractivity contribution in [1.29, 1.82) is 0 Å². The molecule has 2 aromatic rings. The van der Waals surface area contributed by atoms with E-state index in [4.69, 9.17) is 4.98 Å². The predicted molar refractivity (Wildman–Crippen MR) is 147 cm³/mol. The Balaban J connectivity index is 1.26. The Morgan fingerprint density at radius 1 is 1.16 bits per heavy atom. The monoisotopic (exact) mass is 518 g/mol. The molecular formula is C31H42N4O3. The number of nitrogens with one attached hydrogen (secondary N) is 2. The van der Waals surface area contributed by atoms with Crippen LogP contribution in [0, 0.1) is 29.1 Å². The highest BCUT2D eigenvalue weighted by Gasteiger charge is 2.50. The van der Waals surface area contributed by atoms with E-state index in [1.807, 2.05) is 0 Å². The first kappa shape index (κ1) is 25.6. The highest BCUT2D eigenvalue weighted by molar-refractivity contribution is 6.04. The molecule has 5 fully saturated rings. The lowest BCUT2D eigenvalue weighted by atomic mass is 9.48. The summed E-state index contributed by atoms with van der Waals surface area (Å²) in [4.78, 5) is 36.1. The smallest absolute Gasteiger partial charge is 0.335 e. The number of benzene rings is 1. The number of carboxylic acid groups (broad SMARTS) is 1. The quantitative estimate of drug-likeness (QED) is 0.362. The van der Waals surface area contributed by atoms with Crippen molar-refractivity contribution < 1.29 is 14.7 Å². The average molecular weight is 519 g/mol. The zero-order valence-electron chi connectivity index (χ0n) is 22.8. The number of aryl methyl sites for hydroxylation is 1. The maximum Gasteiger partial charge on any atom is 0.335 e. The van der Waals surface area contributed by atoms with Gasteiger partial charge in [-0.2, -0.15) is 0 Å². The zero-order valence-corrected chi connectivity index (χ0v) is 22.8. The van der Waals surface area contributed by atoms with Crippen LogP contribution in [0.4, 0.5) is 5.69 Å². The van der Waals surface area contributed by atoms with Gasteiger partial charge in [-0.1, -0.05) is 19.9 Å². The highest BCUT2D eigenvalue weighted by Crippen LogP contribution is 2.61. The van der Waals surface area contributed by atoms with Crippen molar-refractivity contribution in [1.82, 2.24) is 14.9 Å². The van der Waals surface area contributed by atoms with Crippen molar-refractivity contribution in [2.45, 2.75) is 84.1 Å². The van der Waals surface area contributed by atoms with Gasteiger partial charge in [0.25, 0.3) is 5.91 Å². The SMILES string of the molecule is CC(C)CN1CCCC1c1nc(C(=O)Nc2cccc(C(=O)O)c2)c(CCC23CC4CC(CC(C4)C2)C3)[nH]1. The lowest BCUT2D eigenvalue weighted by Gasteiger charge is -2.57. The van der Waals surface area contributed by atoms with Gasteiger partial charge in [-0.3, -0.25) is 9.69 Å². The van der Waals surface area contributed by atoms with Gasteiger partial charge in [0, 0.05) is 17.9 Å². The molecule has 1 amide bonds. The van der Waals surface area contributed by atoms with Crippen molar-refractivity contribution in [3.05, 3.63) is 47.0 Å². The number of imidazole rings is 1. The van der Waals surface area contributed by atoms with Crippen LogP contribution in [0.1, 0.15) is 110 Å². The summed E-state index contributed by atoms with van der Waals surface area (Å²) in [6.07, 6.45) is 12.5.